The molecule has 0 atom stereocenters. The summed E-state index contributed by atoms with van der Waals surface area (Å²) in [4.78, 5) is 0. The molecule has 0 amide bonds. The van der Waals surface area contributed by atoms with Gasteiger partial charge < -0.3 is 0 Å². The van der Waals surface area contributed by atoms with E-state index >= 15 is 0 Å². The van der Waals surface area contributed by atoms with Crippen LogP contribution in [0.3, 0.4) is 0 Å². The van der Waals surface area contributed by atoms with Crippen molar-refractivity contribution >= 4 is 21.3 Å². The zero-order chi connectivity index (χ0) is 6.69. The van der Waals surface area contributed by atoms with Crippen LogP contribution in [-0.4, -0.2) is 18.1 Å². The zero-order valence-corrected chi connectivity index (χ0v) is 7.04. The van der Waals surface area contributed by atoms with Crippen molar-refractivity contribution in [3.8, 4) is 0 Å². The third-order valence-electron chi connectivity index (χ3n) is 1.77. The summed E-state index contributed by atoms with van der Waals surface area (Å²) in [7, 11) is 3.11. The summed E-state index contributed by atoms with van der Waals surface area (Å²) in [6.45, 7) is 0. The van der Waals surface area contributed by atoms with Gasteiger partial charge in [-0.15, -0.1) is 4.47 Å². The number of nitrogens with zero attached hydrogens (tertiary/aromatic N) is 2. The van der Waals surface area contributed by atoms with E-state index in [-0.39, 0.29) is 0 Å². The van der Waals surface area contributed by atoms with E-state index < -0.39 is 0 Å². The van der Waals surface area contributed by atoms with Crippen molar-refractivity contribution in [2.75, 3.05) is 7.05 Å². The van der Waals surface area contributed by atoms with Gasteiger partial charge in [-0.25, -0.2) is 0 Å². The molecule has 2 nitrogen and oxygen atoms in total. The molecule has 9 heavy (non-hydrogen) atoms. The Balaban J connectivity index is 2.31. The Morgan fingerprint density at radius 3 is 2.67 bits per heavy atom. The van der Waals surface area contributed by atoms with Crippen LogP contribution in [0.15, 0.2) is 4.47 Å². The molecule has 0 aromatic heterocycles. The Morgan fingerprint density at radius 1 is 1.67 bits per heavy atom. The Labute approximate surface area is 63.6 Å². The molecule has 0 aromatic rings. The molecule has 1 rings (SSSR count). The lowest BCUT2D eigenvalue weighted by atomic mass is 9.93. The van der Waals surface area contributed by atoms with Crippen LogP contribution in [0.4, 0.5) is 0 Å². The lowest BCUT2D eigenvalue weighted by Gasteiger charge is -2.29. The minimum Gasteiger partial charge on any atom is -0.189 e. The minimum atomic E-state index is 0.681. The molecular formula is C5H10N2S2. The van der Waals surface area contributed by atoms with Crippen molar-refractivity contribution < 1.29 is 0 Å². The number of hydrogen-bond acceptors (Lipinski definition) is 2. The molecule has 1 aliphatic rings. The molecule has 1 fully saturated rings. The Bertz CT molecular complexity index is 138. The lowest BCUT2D eigenvalue weighted by molar-refractivity contribution is 0.170. The van der Waals surface area contributed by atoms with Crippen molar-refractivity contribution in [2.45, 2.75) is 25.3 Å². The monoisotopic (exact) mass is 162 g/mol. The van der Waals surface area contributed by atoms with Gasteiger partial charge in [0, 0.05) is 34.4 Å². The highest BCUT2D eigenvalue weighted by atomic mass is 32.8. The maximum absolute atomic E-state index is 4.63. The van der Waals surface area contributed by atoms with E-state index in [1.54, 1.807) is 0 Å². The van der Waals surface area contributed by atoms with E-state index in [1.165, 1.54) is 19.3 Å². The number of rotatable bonds is 2. The fraction of sp³-hybridized carbons (Fsp3) is 1.00. The van der Waals surface area contributed by atoms with Gasteiger partial charge in [-0.1, -0.05) is 6.42 Å². The first kappa shape index (κ1) is 7.31. The van der Waals surface area contributed by atoms with Crippen LogP contribution < -0.4 is 0 Å². The highest BCUT2D eigenvalue weighted by molar-refractivity contribution is 8.12. The van der Waals surface area contributed by atoms with E-state index in [0.717, 1.165) is 10.1 Å². The van der Waals surface area contributed by atoms with Crippen molar-refractivity contribution in [3.63, 3.8) is 0 Å². The third-order valence-corrected chi connectivity index (χ3v) is 2.29. The average molecular weight is 162 g/mol. The van der Waals surface area contributed by atoms with Gasteiger partial charge in [0.15, 0.2) is 0 Å². The maximum atomic E-state index is 4.63. The molecule has 0 spiro atoms. The topological polar surface area (TPSA) is 15.6 Å². The lowest BCUT2D eigenvalue weighted by Crippen LogP contribution is -2.32. The van der Waals surface area contributed by atoms with Crippen LogP contribution in [0.5, 0.6) is 0 Å². The molecule has 0 heterocycles. The summed E-state index contributed by atoms with van der Waals surface area (Å²) in [6, 6.07) is 0.681. The molecule has 0 saturated heterocycles. The van der Waals surface area contributed by atoms with E-state index in [4.69, 9.17) is 0 Å². The van der Waals surface area contributed by atoms with E-state index in [9.17, 15) is 0 Å². The van der Waals surface area contributed by atoms with Crippen molar-refractivity contribution in [2.24, 2.45) is 4.47 Å². The highest BCUT2D eigenvalue weighted by Crippen LogP contribution is 2.23. The van der Waals surface area contributed by atoms with Crippen LogP contribution >= 0.6 is 0 Å². The molecule has 0 radical (unpaired) electrons. The van der Waals surface area contributed by atoms with Crippen LogP contribution in [0.2, 0.25) is 0 Å². The Kier molecular flexibility index (Phi) is 2.75. The summed E-state index contributed by atoms with van der Waals surface area (Å²) >= 11 is 4.63. The van der Waals surface area contributed by atoms with Gasteiger partial charge in [-0.2, -0.15) is 5.01 Å². The quantitative estimate of drug-likeness (QED) is 0.565. The molecule has 1 saturated carbocycles. The van der Waals surface area contributed by atoms with Crippen LogP contribution in [-0.2, 0) is 21.3 Å². The van der Waals surface area contributed by atoms with Gasteiger partial charge >= 0.3 is 0 Å². The van der Waals surface area contributed by atoms with Crippen molar-refractivity contribution in [1.29, 1.82) is 0 Å². The molecule has 0 N–H and O–H groups in total. The summed E-state index contributed by atoms with van der Waals surface area (Å²) < 4.78 is 4.01. The van der Waals surface area contributed by atoms with Gasteiger partial charge in [0.05, 0.1) is 0 Å². The summed E-state index contributed by atoms with van der Waals surface area (Å²) in [6.07, 6.45) is 3.93. The Morgan fingerprint density at radius 2 is 2.33 bits per heavy atom. The van der Waals surface area contributed by atoms with E-state index in [2.05, 4.69) is 15.7 Å². The maximum Gasteiger partial charge on any atom is 0.0477 e. The first-order valence-corrected chi connectivity index (χ1v) is 4.77. The molecule has 52 valence electrons. The predicted octanol–water partition coefficient (Wildman–Crippen LogP) is 1.11. The Hall–Kier alpha value is 0.200. The van der Waals surface area contributed by atoms with Gasteiger partial charge in [0.1, 0.15) is 0 Å². The van der Waals surface area contributed by atoms with Crippen molar-refractivity contribution in [1.82, 2.24) is 5.01 Å². The second-order valence-corrected chi connectivity index (χ2v) is 3.07. The van der Waals surface area contributed by atoms with Crippen LogP contribution in [0, 0.1) is 0 Å². The van der Waals surface area contributed by atoms with Gasteiger partial charge in [-0.3, -0.25) is 0 Å². The van der Waals surface area contributed by atoms with E-state index in [1.807, 2.05) is 12.1 Å². The number of hydrogen-bond donors (Lipinski definition) is 0. The standard InChI is InChI=1S/C5H10N2S2/c1-7(6-9-8)5-3-2-4-5/h5H,2-4H2,1H3. The molecule has 0 unspecified atom stereocenters. The highest BCUT2D eigenvalue weighted by Gasteiger charge is 2.21. The molecule has 1 aliphatic carbocycles. The molecule has 0 aliphatic heterocycles. The summed E-state index contributed by atoms with van der Waals surface area (Å²) in [5.74, 6) is 0. The fourth-order valence-electron chi connectivity index (χ4n) is 0.880. The smallest absolute Gasteiger partial charge is 0.0477 e. The molecule has 0 bridgehead atoms. The van der Waals surface area contributed by atoms with E-state index in [0.29, 0.717) is 6.04 Å². The molecule has 0 aromatic carbocycles. The zero-order valence-electron chi connectivity index (χ0n) is 5.41. The van der Waals surface area contributed by atoms with Gasteiger partial charge in [0.25, 0.3) is 0 Å². The van der Waals surface area contributed by atoms with Crippen LogP contribution in [0.1, 0.15) is 19.3 Å². The average Bonchev–Trinajstić information content (AvgIpc) is 1.60. The summed E-state index contributed by atoms with van der Waals surface area (Å²) in [5.41, 5.74) is 0. The first-order chi connectivity index (χ1) is 4.34. The van der Waals surface area contributed by atoms with Crippen molar-refractivity contribution in [3.05, 3.63) is 0 Å². The van der Waals surface area contributed by atoms with Gasteiger partial charge in [-0.05, 0) is 12.8 Å². The SMILES string of the molecule is CN(N=S=S)C1CCC1. The predicted molar refractivity (Wildman–Crippen MR) is 42.6 cm³/mol. The minimum absolute atomic E-state index is 0.681. The summed E-state index contributed by atoms with van der Waals surface area (Å²) in [5, 5.41) is 1.97. The largest absolute Gasteiger partial charge is 0.189 e. The molecule has 4 heteroatoms. The molecular weight excluding hydrogens is 152 g/mol. The third kappa shape index (κ3) is 1.81. The van der Waals surface area contributed by atoms with Crippen LogP contribution in [0.25, 0.3) is 0 Å². The van der Waals surface area contributed by atoms with Gasteiger partial charge in [0.2, 0.25) is 0 Å². The fourth-order valence-corrected chi connectivity index (χ4v) is 1.43. The second-order valence-electron chi connectivity index (χ2n) is 2.31. The first-order valence-electron chi connectivity index (χ1n) is 3.07. The second kappa shape index (κ2) is 3.39. The normalized spacial score (nSPS) is 19.3.